The van der Waals surface area contributed by atoms with Crippen molar-refractivity contribution in [3.8, 4) is 0 Å². The van der Waals surface area contributed by atoms with Crippen LogP contribution in [0.2, 0.25) is 0 Å². The minimum absolute atomic E-state index is 0.0623. The van der Waals surface area contributed by atoms with Crippen molar-refractivity contribution in [3.05, 3.63) is 0 Å². The van der Waals surface area contributed by atoms with E-state index < -0.39 is 0 Å². The van der Waals surface area contributed by atoms with E-state index in [0.717, 1.165) is 31.7 Å². The molecule has 0 aromatic heterocycles. The fraction of sp³-hybridized carbons (Fsp3) is 0.933. The molecule has 0 N–H and O–H groups in total. The highest BCUT2D eigenvalue weighted by Gasteiger charge is 2.03. The molecule has 107 valence electrons. The highest BCUT2D eigenvalue weighted by Crippen LogP contribution is 2.10. The number of rotatable bonds is 13. The van der Waals surface area contributed by atoms with E-state index in [0.29, 0.717) is 13.0 Å². The van der Waals surface area contributed by atoms with Crippen LogP contribution >= 0.6 is 0 Å². The molecule has 0 atom stereocenters. The smallest absolute Gasteiger partial charge is 0.121 e. The third-order valence-corrected chi connectivity index (χ3v) is 3.23. The Labute approximate surface area is 113 Å². The number of carbonyl (C=O) groups excluding carboxylic acids is 1. The molecule has 0 bridgehead atoms. The predicted octanol–water partition coefficient (Wildman–Crippen LogP) is 3.30. The molecule has 0 aromatic carbocycles. The second kappa shape index (κ2) is 13.0. The van der Waals surface area contributed by atoms with Gasteiger partial charge in [0.05, 0.1) is 6.61 Å². The maximum Gasteiger partial charge on any atom is 0.121 e. The standard InChI is InChI=1S/C15H30NO2/c1-15(2)9-6-4-3-5-7-10-16(12-14-18)11-8-13-17/h13,15H,3-12,14H2,1-2H3. The number of nitrogens with zero attached hydrogens (tertiary/aromatic N) is 1. The lowest BCUT2D eigenvalue weighted by Gasteiger charge is -2.19. The van der Waals surface area contributed by atoms with Crippen molar-refractivity contribution in [2.45, 2.75) is 58.8 Å². The third kappa shape index (κ3) is 12.1. The molecular formula is C15H30NO2. The fourth-order valence-corrected chi connectivity index (χ4v) is 2.12. The summed E-state index contributed by atoms with van der Waals surface area (Å²) in [6, 6.07) is 0. The summed E-state index contributed by atoms with van der Waals surface area (Å²) in [6.07, 6.45) is 9.18. The molecule has 18 heavy (non-hydrogen) atoms. The second-order valence-electron chi connectivity index (χ2n) is 5.45. The van der Waals surface area contributed by atoms with Crippen LogP contribution in [0.1, 0.15) is 58.8 Å². The van der Waals surface area contributed by atoms with Crippen molar-refractivity contribution in [1.29, 1.82) is 0 Å². The van der Waals surface area contributed by atoms with Gasteiger partial charge >= 0.3 is 0 Å². The fourth-order valence-electron chi connectivity index (χ4n) is 2.12. The van der Waals surface area contributed by atoms with Gasteiger partial charge in [-0.15, -0.1) is 0 Å². The number of aldehydes is 1. The first-order chi connectivity index (χ1) is 8.70. The lowest BCUT2D eigenvalue weighted by molar-refractivity contribution is -0.108. The number of unbranched alkanes of at least 4 members (excludes halogenated alkanes) is 4. The Bertz CT molecular complexity index is 183. The van der Waals surface area contributed by atoms with Crippen molar-refractivity contribution in [1.82, 2.24) is 4.90 Å². The molecule has 0 unspecified atom stereocenters. The lowest BCUT2D eigenvalue weighted by atomic mass is 10.0. The summed E-state index contributed by atoms with van der Waals surface area (Å²) in [7, 11) is 0. The number of carbonyl (C=O) groups is 1. The third-order valence-electron chi connectivity index (χ3n) is 3.23. The summed E-state index contributed by atoms with van der Waals surface area (Å²) < 4.78 is 0. The van der Waals surface area contributed by atoms with Crippen molar-refractivity contribution in [2.75, 3.05) is 26.2 Å². The van der Waals surface area contributed by atoms with Gasteiger partial charge in [0.1, 0.15) is 6.29 Å². The number of hydrogen-bond donors (Lipinski definition) is 0. The first-order valence-corrected chi connectivity index (χ1v) is 7.44. The first-order valence-electron chi connectivity index (χ1n) is 7.44. The number of hydrogen-bond acceptors (Lipinski definition) is 2. The molecule has 3 heteroatoms. The summed E-state index contributed by atoms with van der Waals surface area (Å²) in [5, 5.41) is 10.6. The zero-order chi connectivity index (χ0) is 13.6. The summed E-state index contributed by atoms with van der Waals surface area (Å²) in [4.78, 5) is 12.4. The van der Waals surface area contributed by atoms with Gasteiger partial charge in [-0.1, -0.05) is 46.0 Å². The molecule has 0 rings (SSSR count). The highest BCUT2D eigenvalue weighted by atomic mass is 16.3. The Hall–Kier alpha value is -0.410. The van der Waals surface area contributed by atoms with Crippen molar-refractivity contribution < 1.29 is 9.90 Å². The van der Waals surface area contributed by atoms with E-state index in [9.17, 15) is 9.90 Å². The summed E-state index contributed by atoms with van der Waals surface area (Å²) in [5.74, 6) is 0.820. The molecule has 0 saturated heterocycles. The van der Waals surface area contributed by atoms with Crippen molar-refractivity contribution in [3.63, 3.8) is 0 Å². The van der Waals surface area contributed by atoms with Crippen molar-refractivity contribution >= 4 is 6.29 Å². The Morgan fingerprint density at radius 1 is 0.944 bits per heavy atom. The monoisotopic (exact) mass is 256 g/mol. The topological polar surface area (TPSA) is 40.2 Å². The van der Waals surface area contributed by atoms with Crippen LogP contribution in [0.15, 0.2) is 0 Å². The zero-order valence-electron chi connectivity index (χ0n) is 12.2. The Kier molecular flexibility index (Phi) is 12.7. The van der Waals surface area contributed by atoms with Crippen LogP contribution in [0, 0.1) is 5.92 Å². The molecule has 0 aromatic rings. The minimum Gasteiger partial charge on any atom is -0.303 e. The molecule has 0 aliphatic heterocycles. The van der Waals surface area contributed by atoms with Crippen LogP contribution in [-0.2, 0) is 9.90 Å². The molecule has 0 aliphatic rings. The second-order valence-corrected chi connectivity index (χ2v) is 5.45. The van der Waals surface area contributed by atoms with Gasteiger partial charge in [-0.25, -0.2) is 5.11 Å². The van der Waals surface area contributed by atoms with Gasteiger partial charge in [-0.05, 0) is 18.9 Å². The molecule has 3 nitrogen and oxygen atoms in total. The van der Waals surface area contributed by atoms with Crippen molar-refractivity contribution in [2.24, 2.45) is 5.92 Å². The van der Waals surface area contributed by atoms with E-state index in [1.165, 1.54) is 32.1 Å². The summed E-state index contributed by atoms with van der Waals surface area (Å²) in [5.41, 5.74) is 0. The average molecular weight is 256 g/mol. The Morgan fingerprint density at radius 3 is 2.22 bits per heavy atom. The maximum atomic E-state index is 10.6. The van der Waals surface area contributed by atoms with E-state index in [2.05, 4.69) is 18.7 Å². The van der Waals surface area contributed by atoms with E-state index in [-0.39, 0.29) is 6.61 Å². The largest absolute Gasteiger partial charge is 0.303 e. The van der Waals surface area contributed by atoms with Crippen LogP contribution in [0.25, 0.3) is 0 Å². The molecule has 0 heterocycles. The van der Waals surface area contributed by atoms with Gasteiger partial charge in [0, 0.05) is 19.5 Å². The zero-order valence-corrected chi connectivity index (χ0v) is 12.2. The van der Waals surface area contributed by atoms with Crippen LogP contribution in [0.5, 0.6) is 0 Å². The Morgan fingerprint density at radius 2 is 1.61 bits per heavy atom. The van der Waals surface area contributed by atoms with Crippen LogP contribution in [0.3, 0.4) is 0 Å². The maximum absolute atomic E-state index is 10.6. The highest BCUT2D eigenvalue weighted by molar-refractivity contribution is 5.49. The van der Waals surface area contributed by atoms with Gasteiger partial charge in [0.2, 0.25) is 0 Å². The van der Waals surface area contributed by atoms with E-state index >= 15 is 0 Å². The molecule has 0 amide bonds. The van der Waals surface area contributed by atoms with Gasteiger partial charge in [0.15, 0.2) is 0 Å². The van der Waals surface area contributed by atoms with E-state index in [4.69, 9.17) is 0 Å². The van der Waals surface area contributed by atoms with Gasteiger partial charge < -0.3 is 9.69 Å². The molecular weight excluding hydrogens is 226 g/mol. The normalized spacial score (nSPS) is 11.4. The first kappa shape index (κ1) is 17.6. The minimum atomic E-state index is -0.0623. The van der Waals surface area contributed by atoms with E-state index in [1.54, 1.807) is 0 Å². The van der Waals surface area contributed by atoms with Gasteiger partial charge in [-0.3, -0.25) is 0 Å². The quantitative estimate of drug-likeness (QED) is 0.375. The molecule has 0 aliphatic carbocycles. The summed E-state index contributed by atoms with van der Waals surface area (Å²) in [6.45, 7) is 6.79. The van der Waals surface area contributed by atoms with Gasteiger partial charge in [0.25, 0.3) is 0 Å². The summed E-state index contributed by atoms with van der Waals surface area (Å²) >= 11 is 0. The van der Waals surface area contributed by atoms with Crippen LogP contribution in [0.4, 0.5) is 0 Å². The lowest BCUT2D eigenvalue weighted by Crippen LogP contribution is -2.29. The average Bonchev–Trinajstić information content (AvgIpc) is 2.34. The molecule has 0 spiro atoms. The Balaban J connectivity index is 3.39. The molecule has 0 fully saturated rings. The molecule has 1 radical (unpaired) electrons. The van der Waals surface area contributed by atoms with Gasteiger partial charge in [-0.2, -0.15) is 0 Å². The predicted molar refractivity (Wildman–Crippen MR) is 75.2 cm³/mol. The molecule has 0 saturated carbocycles. The van der Waals surface area contributed by atoms with E-state index in [1.807, 2.05) is 0 Å². The SMILES string of the molecule is CC(C)CCCCCCCN(CC[O])CCC=O. The van der Waals surface area contributed by atoms with Crippen LogP contribution < -0.4 is 0 Å². The van der Waals surface area contributed by atoms with Crippen LogP contribution in [-0.4, -0.2) is 37.4 Å².